The summed E-state index contributed by atoms with van der Waals surface area (Å²) in [5.41, 5.74) is 4.76. The van der Waals surface area contributed by atoms with Gasteiger partial charge in [0.05, 0.1) is 13.3 Å². The van der Waals surface area contributed by atoms with Gasteiger partial charge in [-0.25, -0.2) is 9.97 Å². The molecule has 8 heteroatoms. The van der Waals surface area contributed by atoms with E-state index in [-0.39, 0.29) is 12.5 Å². The Morgan fingerprint density at radius 2 is 2.00 bits per heavy atom. The lowest BCUT2D eigenvalue weighted by Gasteiger charge is -2.28. The summed E-state index contributed by atoms with van der Waals surface area (Å²) in [5.74, 6) is 1.25. The van der Waals surface area contributed by atoms with Gasteiger partial charge < -0.3 is 14.4 Å². The summed E-state index contributed by atoms with van der Waals surface area (Å²) in [6.07, 6.45) is 6.30. The molecule has 32 heavy (non-hydrogen) atoms. The first-order valence-corrected chi connectivity index (χ1v) is 10.4. The van der Waals surface area contributed by atoms with Crippen molar-refractivity contribution in [1.82, 2.24) is 24.6 Å². The van der Waals surface area contributed by atoms with Crippen LogP contribution in [0.25, 0.3) is 22.2 Å². The molecule has 0 spiro atoms. The molecule has 4 aromatic rings. The van der Waals surface area contributed by atoms with E-state index in [1.54, 1.807) is 17.9 Å². The standard InChI is InChI=1S/C24H23N5O3/c1-28-13-19(12-26-28)17-8-16-9-18-14-29(7-6-22(18)27-24(16)25-11-17)23(30)15-32-21-5-3-4-20(10-21)31-2/h3-5,8-13H,6-7,14-15H2,1-2H3. The van der Waals surface area contributed by atoms with Crippen molar-refractivity contribution in [1.29, 1.82) is 0 Å². The molecule has 0 radical (unpaired) electrons. The van der Waals surface area contributed by atoms with E-state index in [1.165, 1.54) is 0 Å². The van der Waals surface area contributed by atoms with E-state index in [9.17, 15) is 4.79 Å². The SMILES string of the molecule is COc1cccc(OCC(=O)N2CCc3nc4ncc(-c5cnn(C)c5)cc4cc3C2)c1. The first kappa shape index (κ1) is 20.0. The second-order valence-corrected chi connectivity index (χ2v) is 7.80. The van der Waals surface area contributed by atoms with Crippen molar-refractivity contribution in [3.63, 3.8) is 0 Å². The normalized spacial score (nSPS) is 13.1. The van der Waals surface area contributed by atoms with Gasteiger partial charge in [-0.1, -0.05) is 6.07 Å². The number of nitrogens with zero attached hydrogens (tertiary/aromatic N) is 5. The number of amides is 1. The topological polar surface area (TPSA) is 82.4 Å². The average Bonchev–Trinajstić information content (AvgIpc) is 3.26. The molecule has 1 aromatic carbocycles. The molecule has 0 aliphatic carbocycles. The van der Waals surface area contributed by atoms with E-state index in [4.69, 9.17) is 14.5 Å². The zero-order chi connectivity index (χ0) is 22.1. The van der Waals surface area contributed by atoms with Crippen LogP contribution in [-0.4, -0.2) is 50.8 Å². The van der Waals surface area contributed by atoms with Gasteiger partial charge in [-0.2, -0.15) is 5.10 Å². The van der Waals surface area contributed by atoms with Crippen molar-refractivity contribution in [3.05, 3.63) is 66.2 Å². The number of hydrogen-bond acceptors (Lipinski definition) is 6. The fraction of sp³-hybridized carbons (Fsp3) is 0.250. The zero-order valence-corrected chi connectivity index (χ0v) is 18.0. The highest BCUT2D eigenvalue weighted by Gasteiger charge is 2.23. The number of aromatic nitrogens is 4. The smallest absolute Gasteiger partial charge is 0.260 e. The molecule has 8 nitrogen and oxygen atoms in total. The van der Waals surface area contributed by atoms with E-state index >= 15 is 0 Å². The van der Waals surface area contributed by atoms with Crippen molar-refractivity contribution in [2.75, 3.05) is 20.3 Å². The number of pyridine rings is 2. The molecule has 0 saturated carbocycles. The molecule has 1 amide bonds. The summed E-state index contributed by atoms with van der Waals surface area (Å²) < 4.78 is 12.6. The highest BCUT2D eigenvalue weighted by Crippen LogP contribution is 2.26. The quantitative estimate of drug-likeness (QED) is 0.485. The van der Waals surface area contributed by atoms with Crippen LogP contribution >= 0.6 is 0 Å². The maximum absolute atomic E-state index is 12.8. The Hall–Kier alpha value is -3.94. The largest absolute Gasteiger partial charge is 0.497 e. The summed E-state index contributed by atoms with van der Waals surface area (Å²) in [6.45, 7) is 1.10. The second-order valence-electron chi connectivity index (χ2n) is 7.80. The number of fused-ring (bicyclic) bond motifs is 2. The monoisotopic (exact) mass is 429 g/mol. The fourth-order valence-electron chi connectivity index (χ4n) is 3.89. The van der Waals surface area contributed by atoms with Crippen molar-refractivity contribution in [3.8, 4) is 22.6 Å². The Labute approximate surface area is 185 Å². The number of carbonyl (C=O) groups is 1. The van der Waals surface area contributed by atoms with E-state index in [1.807, 2.05) is 48.7 Å². The third-order valence-corrected chi connectivity index (χ3v) is 5.61. The zero-order valence-electron chi connectivity index (χ0n) is 18.0. The Morgan fingerprint density at radius 3 is 2.81 bits per heavy atom. The Balaban J connectivity index is 1.32. The van der Waals surface area contributed by atoms with Crippen LogP contribution in [0.4, 0.5) is 0 Å². The van der Waals surface area contributed by atoms with Crippen LogP contribution in [0.3, 0.4) is 0 Å². The number of ether oxygens (including phenoxy) is 2. The molecule has 0 N–H and O–H groups in total. The molecule has 0 unspecified atom stereocenters. The van der Waals surface area contributed by atoms with E-state index in [2.05, 4.69) is 22.2 Å². The predicted molar refractivity (Wildman–Crippen MR) is 119 cm³/mol. The number of methoxy groups -OCH3 is 1. The summed E-state index contributed by atoms with van der Waals surface area (Å²) in [7, 11) is 3.49. The van der Waals surface area contributed by atoms with Crippen LogP contribution in [0.1, 0.15) is 11.3 Å². The summed E-state index contributed by atoms with van der Waals surface area (Å²) in [4.78, 5) is 23.9. The van der Waals surface area contributed by atoms with Gasteiger partial charge in [0.1, 0.15) is 11.5 Å². The predicted octanol–water partition coefficient (Wildman–Crippen LogP) is 3.00. The Kier molecular flexibility index (Phi) is 5.18. The highest BCUT2D eigenvalue weighted by molar-refractivity contribution is 5.82. The van der Waals surface area contributed by atoms with Crippen LogP contribution in [-0.2, 0) is 24.8 Å². The van der Waals surface area contributed by atoms with Gasteiger partial charge in [0.15, 0.2) is 12.3 Å². The molecule has 0 atom stereocenters. The van der Waals surface area contributed by atoms with Gasteiger partial charge in [-0.05, 0) is 29.8 Å². The minimum absolute atomic E-state index is 0.0176. The van der Waals surface area contributed by atoms with Crippen LogP contribution in [0, 0.1) is 0 Å². The van der Waals surface area contributed by atoms with Crippen molar-refractivity contribution in [2.24, 2.45) is 7.05 Å². The summed E-state index contributed by atoms with van der Waals surface area (Å²) >= 11 is 0. The number of carbonyl (C=O) groups excluding carboxylic acids is 1. The Bertz CT molecular complexity index is 1300. The lowest BCUT2D eigenvalue weighted by atomic mass is 10.0. The molecule has 0 fully saturated rings. The number of rotatable bonds is 5. The minimum Gasteiger partial charge on any atom is -0.497 e. The molecule has 0 bridgehead atoms. The molecular formula is C24H23N5O3. The third-order valence-electron chi connectivity index (χ3n) is 5.61. The number of hydrogen-bond donors (Lipinski definition) is 0. The molecule has 1 aliphatic rings. The van der Waals surface area contributed by atoms with Crippen molar-refractivity contribution in [2.45, 2.75) is 13.0 Å². The summed E-state index contributed by atoms with van der Waals surface area (Å²) in [5, 5.41) is 5.18. The van der Waals surface area contributed by atoms with E-state index in [0.717, 1.165) is 33.4 Å². The number of aryl methyl sites for hydroxylation is 1. The summed E-state index contributed by atoms with van der Waals surface area (Å²) in [6, 6.07) is 11.4. The molecular weight excluding hydrogens is 406 g/mol. The maximum atomic E-state index is 12.8. The molecule has 1 aliphatic heterocycles. The highest BCUT2D eigenvalue weighted by atomic mass is 16.5. The number of benzene rings is 1. The third kappa shape index (κ3) is 3.99. The first-order valence-electron chi connectivity index (χ1n) is 10.4. The second kappa shape index (κ2) is 8.30. The molecule has 0 saturated heterocycles. The average molecular weight is 429 g/mol. The van der Waals surface area contributed by atoms with Crippen molar-refractivity contribution >= 4 is 16.9 Å². The minimum atomic E-state index is -0.0548. The van der Waals surface area contributed by atoms with Gasteiger partial charge in [-0.3, -0.25) is 9.48 Å². The van der Waals surface area contributed by atoms with Gasteiger partial charge in [-0.15, -0.1) is 0 Å². The Morgan fingerprint density at radius 1 is 1.12 bits per heavy atom. The van der Waals surface area contributed by atoms with Gasteiger partial charge in [0, 0.05) is 67.2 Å². The van der Waals surface area contributed by atoms with Crippen LogP contribution < -0.4 is 9.47 Å². The van der Waals surface area contributed by atoms with Crippen LogP contribution in [0.2, 0.25) is 0 Å². The molecule has 162 valence electrons. The fourth-order valence-corrected chi connectivity index (χ4v) is 3.89. The van der Waals surface area contributed by atoms with Gasteiger partial charge >= 0.3 is 0 Å². The van der Waals surface area contributed by atoms with Crippen LogP contribution in [0.5, 0.6) is 11.5 Å². The van der Waals surface area contributed by atoms with Crippen LogP contribution in [0.15, 0.2) is 55.0 Å². The van der Waals surface area contributed by atoms with E-state index in [0.29, 0.717) is 31.0 Å². The van der Waals surface area contributed by atoms with Crippen molar-refractivity contribution < 1.29 is 14.3 Å². The maximum Gasteiger partial charge on any atom is 0.260 e. The lowest BCUT2D eigenvalue weighted by Crippen LogP contribution is -2.39. The van der Waals surface area contributed by atoms with Gasteiger partial charge in [0.25, 0.3) is 5.91 Å². The van der Waals surface area contributed by atoms with E-state index < -0.39 is 0 Å². The first-order chi connectivity index (χ1) is 15.6. The molecule has 3 aromatic heterocycles. The molecule has 5 rings (SSSR count). The lowest BCUT2D eigenvalue weighted by molar-refractivity contribution is -0.134. The molecule has 4 heterocycles. The van der Waals surface area contributed by atoms with Gasteiger partial charge in [0.2, 0.25) is 0 Å².